The van der Waals surface area contributed by atoms with Crippen LogP contribution in [0, 0.1) is 20.2 Å². The summed E-state index contributed by atoms with van der Waals surface area (Å²) in [7, 11) is -5.35. The van der Waals surface area contributed by atoms with Crippen molar-refractivity contribution in [2.24, 2.45) is 0 Å². The molecule has 2 aromatic carbocycles. The van der Waals surface area contributed by atoms with Crippen LogP contribution in [0.2, 0.25) is 0 Å². The lowest BCUT2D eigenvalue weighted by molar-refractivity contribution is -0.396. The van der Waals surface area contributed by atoms with Crippen LogP contribution in [0.25, 0.3) is 0 Å². The molecule has 0 fully saturated rings. The molecular weight excluding hydrogens is 466 g/mol. The Labute approximate surface area is 168 Å². The molecule has 16 heteroatoms. The van der Waals surface area contributed by atoms with Gasteiger partial charge in [0.1, 0.15) is 12.2 Å². The third-order valence-electron chi connectivity index (χ3n) is 3.73. The average molecular weight is 474 g/mol. The Morgan fingerprint density at radius 3 is 1.61 bits per heavy atom. The van der Waals surface area contributed by atoms with Crippen molar-refractivity contribution in [3.8, 4) is 0 Å². The molecule has 0 bridgehead atoms. The van der Waals surface area contributed by atoms with Gasteiger partial charge in [-0.3, -0.25) is 24.4 Å². The first-order chi connectivity index (χ1) is 14.0. The van der Waals surface area contributed by atoms with Crippen LogP contribution < -0.4 is 0 Å². The smallest absolute Gasteiger partial charge is 0.261 e. The quantitative estimate of drug-likeness (QED) is 0.262. The molecule has 0 aliphatic carbocycles. The minimum Gasteiger partial charge on any atom is -0.261 e. The second-order valence-corrected chi connectivity index (χ2v) is 7.36. The topological polar surface area (TPSA) is 130 Å². The van der Waals surface area contributed by atoms with E-state index < -0.39 is 71.9 Å². The number of hydrogen-bond acceptors (Lipinski definition) is 7. The molecule has 0 unspecified atom stereocenters. The van der Waals surface area contributed by atoms with Gasteiger partial charge in [0.25, 0.3) is 21.5 Å². The van der Waals surface area contributed by atoms with Gasteiger partial charge in [0, 0.05) is 12.1 Å². The summed E-state index contributed by atoms with van der Waals surface area (Å²) in [5.74, 6) is 0. The number of nitro groups is 2. The number of halogens is 6. The summed E-state index contributed by atoms with van der Waals surface area (Å²) < 4.78 is 106. The lowest BCUT2D eigenvalue weighted by Gasteiger charge is -2.14. The van der Waals surface area contributed by atoms with E-state index in [9.17, 15) is 55.0 Å². The third-order valence-corrected chi connectivity index (χ3v) is 4.97. The molecule has 2 aromatic rings. The molecule has 0 spiro atoms. The highest BCUT2D eigenvalue weighted by Crippen LogP contribution is 2.38. The molecule has 0 heterocycles. The SMILES string of the molecule is O=[N+]([O-])c1cccc([N+](=O)[O-])c1COS(=O)(=O)c1cc(C(F)(F)F)cc(C(F)(F)F)c1. The fourth-order valence-corrected chi connectivity index (χ4v) is 3.28. The van der Waals surface area contributed by atoms with E-state index in [0.29, 0.717) is 0 Å². The normalized spacial score (nSPS) is 12.6. The molecule has 0 saturated heterocycles. The van der Waals surface area contributed by atoms with Crippen LogP contribution in [-0.4, -0.2) is 18.3 Å². The van der Waals surface area contributed by atoms with E-state index >= 15 is 0 Å². The molecule has 0 atom stereocenters. The Balaban J connectivity index is 2.54. The fraction of sp³-hybridized carbons (Fsp3) is 0.200. The van der Waals surface area contributed by atoms with E-state index in [1.54, 1.807) is 0 Å². The van der Waals surface area contributed by atoms with Gasteiger partial charge in [0.2, 0.25) is 0 Å². The zero-order valence-corrected chi connectivity index (χ0v) is 15.4. The monoisotopic (exact) mass is 474 g/mol. The van der Waals surface area contributed by atoms with Gasteiger partial charge < -0.3 is 0 Å². The Kier molecular flexibility index (Phi) is 6.27. The van der Waals surface area contributed by atoms with Gasteiger partial charge in [-0.1, -0.05) is 0 Å². The molecule has 0 aromatic heterocycles. The minimum absolute atomic E-state index is 0.127. The predicted molar refractivity (Wildman–Crippen MR) is 88.2 cm³/mol. The number of nitrogens with zero attached hydrogens (tertiary/aromatic N) is 2. The van der Waals surface area contributed by atoms with Crippen molar-refractivity contribution in [3.05, 3.63) is 73.3 Å². The van der Waals surface area contributed by atoms with E-state index in [1.807, 2.05) is 0 Å². The summed E-state index contributed by atoms with van der Waals surface area (Å²) in [4.78, 5) is 18.3. The molecule has 31 heavy (non-hydrogen) atoms. The van der Waals surface area contributed by atoms with Gasteiger partial charge >= 0.3 is 12.4 Å². The van der Waals surface area contributed by atoms with E-state index in [4.69, 9.17) is 0 Å². The van der Waals surface area contributed by atoms with Crippen LogP contribution >= 0.6 is 0 Å². The van der Waals surface area contributed by atoms with Crippen molar-refractivity contribution in [3.63, 3.8) is 0 Å². The van der Waals surface area contributed by atoms with E-state index in [-0.39, 0.29) is 18.2 Å². The van der Waals surface area contributed by atoms with Crippen LogP contribution in [0.4, 0.5) is 37.7 Å². The number of alkyl halides is 6. The average Bonchev–Trinajstić information content (AvgIpc) is 2.64. The third kappa shape index (κ3) is 5.46. The van der Waals surface area contributed by atoms with E-state index in [2.05, 4.69) is 4.18 Å². The van der Waals surface area contributed by atoms with Gasteiger partial charge in [-0.2, -0.15) is 34.8 Å². The maximum atomic E-state index is 12.9. The Hall–Kier alpha value is -3.27. The summed E-state index contributed by atoms with van der Waals surface area (Å²) in [6.45, 7) is -1.40. The van der Waals surface area contributed by atoms with Crippen LogP contribution in [0.5, 0.6) is 0 Å². The first-order valence-electron chi connectivity index (χ1n) is 7.63. The molecule has 0 radical (unpaired) electrons. The van der Waals surface area contributed by atoms with Gasteiger partial charge in [0.15, 0.2) is 0 Å². The highest BCUT2D eigenvalue weighted by Gasteiger charge is 2.38. The summed E-state index contributed by atoms with van der Waals surface area (Å²) in [5, 5.41) is 22.1. The maximum Gasteiger partial charge on any atom is 0.416 e. The van der Waals surface area contributed by atoms with Crippen LogP contribution in [0.3, 0.4) is 0 Å². The predicted octanol–water partition coefficient (Wildman–Crippen LogP) is 4.45. The van der Waals surface area contributed by atoms with Gasteiger partial charge in [-0.15, -0.1) is 0 Å². The fourth-order valence-electron chi connectivity index (χ4n) is 2.33. The van der Waals surface area contributed by atoms with Gasteiger partial charge in [-0.05, 0) is 24.3 Å². The van der Waals surface area contributed by atoms with Gasteiger partial charge in [0.05, 0.1) is 25.9 Å². The van der Waals surface area contributed by atoms with Crippen LogP contribution in [0.1, 0.15) is 16.7 Å². The van der Waals surface area contributed by atoms with E-state index in [0.717, 1.165) is 18.2 Å². The molecule has 0 aliphatic rings. The largest absolute Gasteiger partial charge is 0.416 e. The highest BCUT2D eigenvalue weighted by atomic mass is 32.2. The lowest BCUT2D eigenvalue weighted by atomic mass is 10.1. The summed E-state index contributed by atoms with van der Waals surface area (Å²) in [6, 6.07) is 1.88. The Morgan fingerprint density at radius 2 is 1.26 bits per heavy atom. The first-order valence-corrected chi connectivity index (χ1v) is 9.04. The Morgan fingerprint density at radius 1 is 0.839 bits per heavy atom. The highest BCUT2D eigenvalue weighted by molar-refractivity contribution is 7.86. The summed E-state index contributed by atoms with van der Waals surface area (Å²) in [5.41, 5.74) is -6.62. The number of hydrogen-bond donors (Lipinski definition) is 0. The zero-order chi connectivity index (χ0) is 23.8. The minimum atomic E-state index is -5.35. The lowest BCUT2D eigenvalue weighted by Crippen LogP contribution is -2.15. The summed E-state index contributed by atoms with van der Waals surface area (Å²) >= 11 is 0. The molecule has 9 nitrogen and oxygen atoms in total. The van der Waals surface area contributed by atoms with Crippen molar-refractivity contribution in [2.75, 3.05) is 0 Å². The molecule has 0 saturated carbocycles. The van der Waals surface area contributed by atoms with Crippen molar-refractivity contribution in [1.29, 1.82) is 0 Å². The second-order valence-electron chi connectivity index (χ2n) is 5.75. The molecule has 168 valence electrons. The number of benzene rings is 2. The zero-order valence-electron chi connectivity index (χ0n) is 14.6. The first kappa shape index (κ1) is 24.0. The molecule has 0 N–H and O–H groups in total. The van der Waals surface area contributed by atoms with Crippen molar-refractivity contribution < 1.29 is 48.8 Å². The number of rotatable bonds is 6. The van der Waals surface area contributed by atoms with Crippen molar-refractivity contribution in [1.82, 2.24) is 0 Å². The van der Waals surface area contributed by atoms with Crippen molar-refractivity contribution in [2.45, 2.75) is 23.9 Å². The molecule has 0 amide bonds. The molecule has 0 aliphatic heterocycles. The van der Waals surface area contributed by atoms with E-state index in [1.165, 1.54) is 0 Å². The standard InChI is InChI=1S/C15H8F6N2O7S/c16-14(17,18)8-4-9(15(19,20)21)6-10(5-8)31(28,29)30-7-11-12(22(24)25)2-1-3-13(11)23(26)27/h1-6H,7H2. The van der Waals surface area contributed by atoms with Crippen LogP contribution in [0.15, 0.2) is 41.3 Å². The Bertz CT molecular complexity index is 1080. The summed E-state index contributed by atoms with van der Waals surface area (Å²) in [6.07, 6.45) is -10.7. The second kappa shape index (κ2) is 8.10. The molecular formula is C15H8F6N2O7S. The number of nitro benzene ring substituents is 2. The maximum absolute atomic E-state index is 12.9. The van der Waals surface area contributed by atoms with Crippen LogP contribution in [-0.2, 0) is 33.3 Å². The van der Waals surface area contributed by atoms with Crippen molar-refractivity contribution >= 4 is 21.5 Å². The molecule has 2 rings (SSSR count). The van der Waals surface area contributed by atoms with Gasteiger partial charge in [-0.25, -0.2) is 0 Å².